The van der Waals surface area contributed by atoms with Gasteiger partial charge in [0, 0.05) is 33.4 Å². The van der Waals surface area contributed by atoms with Crippen molar-refractivity contribution in [3.05, 3.63) is 12.7 Å². The van der Waals surface area contributed by atoms with Crippen molar-refractivity contribution in [2.75, 3.05) is 6.61 Å². The van der Waals surface area contributed by atoms with E-state index >= 15 is 0 Å². The molecule has 0 spiro atoms. The Morgan fingerprint density at radius 2 is 2.30 bits per heavy atom. The van der Waals surface area contributed by atoms with Crippen molar-refractivity contribution in [1.29, 1.82) is 0 Å². The Balaban J connectivity index is 0. The Bertz CT molecular complexity index is 102. The summed E-state index contributed by atoms with van der Waals surface area (Å²) in [7, 11) is 0. The molecule has 0 aromatic rings. The Morgan fingerprint density at radius 1 is 1.70 bits per heavy atom. The fourth-order valence-electron chi connectivity index (χ4n) is 0.376. The molecule has 56 valence electrons. The maximum atomic E-state index is 10.3. The molecular weight excluding hydrogens is 323 g/mol. The molecule has 0 aliphatic carbocycles. The second kappa shape index (κ2) is 9.13. The second-order valence-electron chi connectivity index (χ2n) is 1.73. The number of carbonyl (C=O) groups excluding carboxylic acids is 1. The molecule has 0 aromatic carbocycles. The molecule has 0 unspecified atom stereocenters. The van der Waals surface area contributed by atoms with Crippen LogP contribution >= 0.6 is 0 Å². The van der Waals surface area contributed by atoms with E-state index < -0.39 is 0 Å². The van der Waals surface area contributed by atoms with Crippen LogP contribution in [0.25, 0.3) is 0 Å². The van der Waals surface area contributed by atoms with Crippen molar-refractivity contribution >= 4 is 33.3 Å². The third kappa shape index (κ3) is 8.13. The van der Waals surface area contributed by atoms with Crippen molar-refractivity contribution in [1.82, 2.24) is 0 Å². The molecule has 0 amide bonds. The summed E-state index contributed by atoms with van der Waals surface area (Å²) in [5.41, 5.74) is 0. The quantitative estimate of drug-likeness (QED) is 0.333. The van der Waals surface area contributed by atoms with Crippen LogP contribution in [0.2, 0.25) is 0 Å². The van der Waals surface area contributed by atoms with Gasteiger partial charge in [-0.25, -0.2) is 4.79 Å². The third-order valence-electron chi connectivity index (χ3n) is 0.909. The van der Waals surface area contributed by atoms with Gasteiger partial charge in [-0.05, 0) is 6.42 Å². The first kappa shape index (κ1) is 12.8. The van der Waals surface area contributed by atoms with Crippen molar-refractivity contribution < 1.29 is 9.53 Å². The molecule has 0 rings (SSSR count). The minimum Gasteiger partial charge on any atom is -0.463 e. The molecule has 0 aliphatic rings. The summed E-state index contributed by atoms with van der Waals surface area (Å²) in [6.45, 7) is 5.82. The van der Waals surface area contributed by atoms with E-state index in [-0.39, 0.29) is 33.3 Å². The fourth-order valence-corrected chi connectivity index (χ4v) is 0.376. The van der Waals surface area contributed by atoms with Crippen LogP contribution in [0.5, 0.6) is 0 Å². The largest absolute Gasteiger partial charge is 0.463 e. The second-order valence-corrected chi connectivity index (χ2v) is 1.73. The summed E-state index contributed by atoms with van der Waals surface area (Å²) >= 11 is 0. The average Bonchev–Trinajstić information content (AvgIpc) is 1.89. The number of hydrogen-bond donors (Lipinski definition) is 0. The number of rotatable bonds is 4. The zero-order valence-electron chi connectivity index (χ0n) is 6.22. The number of carbonyl (C=O) groups is 1. The number of ether oxygens (including phenoxy) is 1. The van der Waals surface area contributed by atoms with Gasteiger partial charge in [-0.2, -0.15) is 0 Å². The van der Waals surface area contributed by atoms with Crippen LogP contribution in [-0.4, -0.2) is 39.9 Å². The molecule has 0 aromatic heterocycles. The van der Waals surface area contributed by atoms with Crippen LogP contribution in [0.3, 0.4) is 0 Å². The summed E-state index contributed by atoms with van der Waals surface area (Å²) in [4.78, 5) is 10.3. The van der Waals surface area contributed by atoms with Crippen LogP contribution in [0.1, 0.15) is 19.8 Å². The van der Waals surface area contributed by atoms with E-state index in [0.717, 1.165) is 12.8 Å². The first-order valence-corrected chi connectivity index (χ1v) is 3.10. The van der Waals surface area contributed by atoms with Crippen LogP contribution in [0.4, 0.5) is 0 Å². The average molecular weight is 335 g/mol. The molecule has 0 atom stereocenters. The van der Waals surface area contributed by atoms with Crippen molar-refractivity contribution in [3.63, 3.8) is 0 Å². The fraction of sp³-hybridized carbons (Fsp3) is 0.571. The monoisotopic (exact) mass is 336 g/mol. The van der Waals surface area contributed by atoms with E-state index in [1.165, 1.54) is 6.08 Å². The van der Waals surface area contributed by atoms with E-state index in [2.05, 4.69) is 11.3 Å². The summed E-state index contributed by atoms with van der Waals surface area (Å²) in [5.74, 6) is -0.330. The van der Waals surface area contributed by atoms with Gasteiger partial charge >= 0.3 is 5.97 Å². The van der Waals surface area contributed by atoms with Gasteiger partial charge in [0.15, 0.2) is 0 Å². The number of esters is 1. The van der Waals surface area contributed by atoms with Gasteiger partial charge < -0.3 is 4.74 Å². The minimum atomic E-state index is -0.330. The molecule has 0 bridgehead atoms. The maximum absolute atomic E-state index is 10.3. The summed E-state index contributed by atoms with van der Waals surface area (Å²) in [6.07, 6.45) is 3.15. The molecule has 0 saturated heterocycles. The zero-order chi connectivity index (χ0) is 7.11. The van der Waals surface area contributed by atoms with Gasteiger partial charge in [0.05, 0.1) is 6.61 Å². The molecular formula is C7H12O2Pb. The zero-order valence-corrected chi connectivity index (χ0v) is 10.1. The third-order valence-corrected chi connectivity index (χ3v) is 0.909. The molecule has 4 radical (unpaired) electrons. The van der Waals surface area contributed by atoms with Crippen molar-refractivity contribution in [2.45, 2.75) is 19.8 Å². The van der Waals surface area contributed by atoms with Gasteiger partial charge in [0.25, 0.3) is 0 Å². The molecule has 0 heterocycles. The Kier molecular flexibility index (Phi) is 11.7. The van der Waals surface area contributed by atoms with Crippen LogP contribution < -0.4 is 0 Å². The number of unbranched alkanes of at least 4 members (excludes halogenated alkanes) is 1. The molecule has 0 N–H and O–H groups in total. The maximum Gasteiger partial charge on any atom is 0.330 e. The van der Waals surface area contributed by atoms with Gasteiger partial charge in [-0.1, -0.05) is 19.9 Å². The van der Waals surface area contributed by atoms with E-state index in [1.807, 2.05) is 6.92 Å². The van der Waals surface area contributed by atoms with Crippen LogP contribution in [0.15, 0.2) is 12.7 Å². The standard InChI is InChI=1S/C7H12O2.Pb/c1-3-5-6-9-7(8)4-2;/h4H,2-3,5-6H2,1H3;. The van der Waals surface area contributed by atoms with E-state index in [4.69, 9.17) is 0 Å². The van der Waals surface area contributed by atoms with Crippen LogP contribution in [0, 0.1) is 0 Å². The topological polar surface area (TPSA) is 26.3 Å². The number of hydrogen-bond acceptors (Lipinski definition) is 2. The smallest absolute Gasteiger partial charge is 0.330 e. The van der Waals surface area contributed by atoms with Gasteiger partial charge in [0.1, 0.15) is 0 Å². The van der Waals surface area contributed by atoms with Crippen molar-refractivity contribution in [2.24, 2.45) is 0 Å². The summed E-state index contributed by atoms with van der Waals surface area (Å²) < 4.78 is 4.67. The predicted molar refractivity (Wildman–Crippen MR) is 41.8 cm³/mol. The molecule has 3 heteroatoms. The molecule has 0 fully saturated rings. The SMILES string of the molecule is C=CC(=O)OCCCC.[Pb]. The van der Waals surface area contributed by atoms with E-state index in [9.17, 15) is 4.79 Å². The van der Waals surface area contributed by atoms with Crippen molar-refractivity contribution in [3.8, 4) is 0 Å². The van der Waals surface area contributed by atoms with Gasteiger partial charge in [0.2, 0.25) is 0 Å². The summed E-state index contributed by atoms with van der Waals surface area (Å²) in [5, 5.41) is 0. The normalized spacial score (nSPS) is 7.70. The minimum absolute atomic E-state index is 0. The predicted octanol–water partition coefficient (Wildman–Crippen LogP) is 1.13. The van der Waals surface area contributed by atoms with Gasteiger partial charge in [-0.3, -0.25) is 0 Å². The Morgan fingerprint density at radius 3 is 2.70 bits per heavy atom. The Labute approximate surface area is 81.8 Å². The van der Waals surface area contributed by atoms with E-state index in [0.29, 0.717) is 6.61 Å². The summed E-state index contributed by atoms with van der Waals surface area (Å²) in [6, 6.07) is 0. The molecule has 0 saturated carbocycles. The Hall–Kier alpha value is 0.132. The van der Waals surface area contributed by atoms with Gasteiger partial charge in [-0.15, -0.1) is 0 Å². The molecule has 10 heavy (non-hydrogen) atoms. The molecule has 2 nitrogen and oxygen atoms in total. The molecule has 0 aliphatic heterocycles. The first-order valence-electron chi connectivity index (χ1n) is 3.10. The van der Waals surface area contributed by atoms with Crippen LogP contribution in [-0.2, 0) is 9.53 Å². The van der Waals surface area contributed by atoms with E-state index in [1.54, 1.807) is 0 Å². The first-order chi connectivity index (χ1) is 4.31.